The van der Waals surface area contributed by atoms with Crippen LogP contribution in [-0.4, -0.2) is 26.5 Å². The third-order valence-corrected chi connectivity index (χ3v) is 5.58. The molecule has 1 aliphatic rings. The number of nitrogens with one attached hydrogen (secondary N) is 1. The molecule has 3 aromatic rings. The lowest BCUT2D eigenvalue weighted by atomic mass is 10.2. The number of carbonyl (C=O) groups excluding carboxylic acids is 1. The van der Waals surface area contributed by atoms with Crippen molar-refractivity contribution >= 4 is 28.9 Å². The van der Waals surface area contributed by atoms with Crippen molar-refractivity contribution in [1.82, 2.24) is 9.55 Å². The number of hydrogen-bond donors (Lipinski definition) is 2. The summed E-state index contributed by atoms with van der Waals surface area (Å²) < 4.78 is 1.15. The van der Waals surface area contributed by atoms with Crippen molar-refractivity contribution in [1.29, 1.82) is 0 Å². The molecule has 0 saturated heterocycles. The number of thiophene rings is 1. The summed E-state index contributed by atoms with van der Waals surface area (Å²) >= 11 is 1.31. The highest BCUT2D eigenvalue weighted by molar-refractivity contribution is 7.17. The Hall–Kier alpha value is -3.26. The SMILES string of the molecule is O=C(Nc1cnc2n(c1=O)[C@H](C(=O)O)CC2)c1ccc(-c2ccccc2)s1. The molecule has 1 atom stereocenters. The molecule has 0 radical (unpaired) electrons. The number of aryl methyl sites for hydroxylation is 1. The number of amides is 1. The summed E-state index contributed by atoms with van der Waals surface area (Å²) in [6, 6.07) is 12.3. The van der Waals surface area contributed by atoms with Crippen LogP contribution in [0.1, 0.15) is 28.0 Å². The lowest BCUT2D eigenvalue weighted by molar-refractivity contribution is -0.140. The Labute approximate surface area is 157 Å². The van der Waals surface area contributed by atoms with E-state index in [0.717, 1.165) is 15.0 Å². The smallest absolute Gasteiger partial charge is 0.326 e. The Bertz CT molecular complexity index is 1090. The number of benzene rings is 1. The first kappa shape index (κ1) is 17.2. The first-order valence-electron chi connectivity index (χ1n) is 8.34. The number of aromatic nitrogens is 2. The van der Waals surface area contributed by atoms with Crippen LogP contribution in [0.15, 0.2) is 53.5 Å². The number of fused-ring (bicyclic) bond motifs is 1. The van der Waals surface area contributed by atoms with Crippen molar-refractivity contribution in [3.05, 3.63) is 69.7 Å². The van der Waals surface area contributed by atoms with Crippen LogP contribution in [0.25, 0.3) is 10.4 Å². The van der Waals surface area contributed by atoms with Gasteiger partial charge in [0.25, 0.3) is 11.5 Å². The lowest BCUT2D eigenvalue weighted by Crippen LogP contribution is -2.31. The summed E-state index contributed by atoms with van der Waals surface area (Å²) in [5, 5.41) is 11.8. The number of anilines is 1. The monoisotopic (exact) mass is 381 g/mol. The molecule has 0 saturated carbocycles. The fourth-order valence-electron chi connectivity index (χ4n) is 3.13. The zero-order valence-electron chi connectivity index (χ0n) is 14.1. The predicted octanol–water partition coefficient (Wildman–Crippen LogP) is 2.80. The van der Waals surface area contributed by atoms with Crippen LogP contribution in [0.5, 0.6) is 0 Å². The van der Waals surface area contributed by atoms with E-state index in [1.54, 1.807) is 6.07 Å². The van der Waals surface area contributed by atoms with Gasteiger partial charge in [-0.2, -0.15) is 0 Å². The third-order valence-electron chi connectivity index (χ3n) is 4.44. The van der Waals surface area contributed by atoms with Gasteiger partial charge in [-0.25, -0.2) is 9.78 Å². The number of carboxylic acids is 1. The lowest BCUT2D eigenvalue weighted by Gasteiger charge is -2.11. The van der Waals surface area contributed by atoms with Gasteiger partial charge in [-0.05, 0) is 24.1 Å². The van der Waals surface area contributed by atoms with Gasteiger partial charge in [0.15, 0.2) is 0 Å². The number of aliphatic carboxylic acids is 1. The highest BCUT2D eigenvalue weighted by Crippen LogP contribution is 2.28. The van der Waals surface area contributed by atoms with Gasteiger partial charge in [-0.3, -0.25) is 14.2 Å². The molecule has 0 bridgehead atoms. The van der Waals surface area contributed by atoms with Crippen LogP contribution in [0, 0.1) is 0 Å². The average molecular weight is 381 g/mol. The Morgan fingerprint density at radius 3 is 2.70 bits per heavy atom. The predicted molar refractivity (Wildman–Crippen MR) is 101 cm³/mol. The molecule has 2 N–H and O–H groups in total. The molecule has 1 aliphatic heterocycles. The van der Waals surface area contributed by atoms with Crippen molar-refractivity contribution in [2.75, 3.05) is 5.32 Å². The topological polar surface area (TPSA) is 101 Å². The minimum Gasteiger partial charge on any atom is -0.480 e. The van der Waals surface area contributed by atoms with Crippen LogP contribution < -0.4 is 10.9 Å². The fourth-order valence-corrected chi connectivity index (χ4v) is 4.03. The summed E-state index contributed by atoms with van der Waals surface area (Å²) in [6.45, 7) is 0. The molecule has 0 fully saturated rings. The van der Waals surface area contributed by atoms with E-state index in [1.807, 2.05) is 36.4 Å². The minimum absolute atomic E-state index is 0.0217. The maximum Gasteiger partial charge on any atom is 0.326 e. The van der Waals surface area contributed by atoms with Crippen molar-refractivity contribution in [2.24, 2.45) is 0 Å². The molecule has 2 aromatic heterocycles. The molecule has 136 valence electrons. The number of nitrogens with zero attached hydrogens (tertiary/aromatic N) is 2. The highest BCUT2D eigenvalue weighted by atomic mass is 32.1. The Balaban J connectivity index is 1.60. The Morgan fingerprint density at radius 2 is 1.96 bits per heavy atom. The van der Waals surface area contributed by atoms with Crippen LogP contribution in [-0.2, 0) is 11.2 Å². The highest BCUT2D eigenvalue weighted by Gasteiger charge is 2.31. The second-order valence-corrected chi connectivity index (χ2v) is 7.22. The van der Waals surface area contributed by atoms with Gasteiger partial charge in [0.2, 0.25) is 0 Å². The van der Waals surface area contributed by atoms with E-state index in [1.165, 1.54) is 17.5 Å². The molecule has 27 heavy (non-hydrogen) atoms. The average Bonchev–Trinajstić information content (AvgIpc) is 3.32. The number of rotatable bonds is 4. The normalized spacial score (nSPS) is 15.3. The van der Waals surface area contributed by atoms with Gasteiger partial charge in [0.05, 0.1) is 11.1 Å². The molecule has 3 heterocycles. The quantitative estimate of drug-likeness (QED) is 0.724. The van der Waals surface area contributed by atoms with Crippen LogP contribution in [0.4, 0.5) is 5.69 Å². The first-order chi connectivity index (χ1) is 13.0. The molecular weight excluding hydrogens is 366 g/mol. The van der Waals surface area contributed by atoms with Crippen LogP contribution in [0.3, 0.4) is 0 Å². The molecule has 1 aromatic carbocycles. The van der Waals surface area contributed by atoms with Crippen molar-refractivity contribution in [2.45, 2.75) is 18.9 Å². The van der Waals surface area contributed by atoms with Gasteiger partial charge in [-0.15, -0.1) is 11.3 Å². The summed E-state index contributed by atoms with van der Waals surface area (Å²) in [7, 11) is 0. The zero-order valence-corrected chi connectivity index (χ0v) is 14.9. The maximum absolute atomic E-state index is 12.6. The maximum atomic E-state index is 12.6. The van der Waals surface area contributed by atoms with E-state index < -0.39 is 23.5 Å². The van der Waals surface area contributed by atoms with Crippen molar-refractivity contribution in [3.8, 4) is 10.4 Å². The third kappa shape index (κ3) is 3.15. The standard InChI is InChI=1S/C19H15N3O4S/c23-17(15-8-7-14(27-15)11-4-2-1-3-5-11)21-12-10-20-16-9-6-13(19(25)26)22(16)18(12)24/h1-5,7-8,10,13H,6,9H2,(H,21,23)(H,25,26)/t13-/m0/s1. The van der Waals surface area contributed by atoms with E-state index in [9.17, 15) is 19.5 Å². The van der Waals surface area contributed by atoms with Crippen LogP contribution >= 0.6 is 11.3 Å². The largest absolute Gasteiger partial charge is 0.480 e. The molecule has 0 spiro atoms. The molecule has 1 amide bonds. The summed E-state index contributed by atoms with van der Waals surface area (Å²) in [6.07, 6.45) is 2.04. The Kier molecular flexibility index (Phi) is 4.33. The van der Waals surface area contributed by atoms with E-state index in [2.05, 4.69) is 10.3 Å². The van der Waals surface area contributed by atoms with Gasteiger partial charge in [0.1, 0.15) is 17.6 Å². The molecule has 8 heteroatoms. The number of carbonyl (C=O) groups is 2. The van der Waals surface area contributed by atoms with E-state index >= 15 is 0 Å². The van der Waals surface area contributed by atoms with Gasteiger partial charge in [0, 0.05) is 11.3 Å². The number of carboxylic acid groups (broad SMARTS) is 1. The first-order valence-corrected chi connectivity index (χ1v) is 9.16. The summed E-state index contributed by atoms with van der Waals surface area (Å²) in [5.74, 6) is -1.08. The minimum atomic E-state index is -1.08. The van der Waals surface area contributed by atoms with E-state index in [0.29, 0.717) is 23.5 Å². The van der Waals surface area contributed by atoms with Crippen LogP contribution in [0.2, 0.25) is 0 Å². The second kappa shape index (κ2) is 6.81. The molecule has 7 nitrogen and oxygen atoms in total. The van der Waals surface area contributed by atoms with Gasteiger partial charge < -0.3 is 10.4 Å². The summed E-state index contributed by atoms with van der Waals surface area (Å²) in [5.41, 5.74) is 0.440. The molecular formula is C19H15N3O4S. The molecule has 0 aliphatic carbocycles. The fraction of sp³-hybridized carbons (Fsp3) is 0.158. The van der Waals surface area contributed by atoms with E-state index in [-0.39, 0.29) is 5.69 Å². The van der Waals surface area contributed by atoms with Gasteiger partial charge in [-0.1, -0.05) is 30.3 Å². The molecule has 4 rings (SSSR count). The molecule has 0 unspecified atom stereocenters. The summed E-state index contributed by atoms with van der Waals surface area (Å²) in [4.78, 5) is 42.0. The van der Waals surface area contributed by atoms with Crippen molar-refractivity contribution in [3.63, 3.8) is 0 Å². The zero-order chi connectivity index (χ0) is 19.0. The van der Waals surface area contributed by atoms with Gasteiger partial charge >= 0.3 is 5.97 Å². The number of hydrogen-bond acceptors (Lipinski definition) is 5. The van der Waals surface area contributed by atoms with Crippen molar-refractivity contribution < 1.29 is 14.7 Å². The Morgan fingerprint density at radius 1 is 1.19 bits per heavy atom. The second-order valence-electron chi connectivity index (χ2n) is 6.14. The van der Waals surface area contributed by atoms with E-state index in [4.69, 9.17) is 0 Å².